The third-order valence-electron chi connectivity index (χ3n) is 3.07. The molecule has 1 amide bonds. The van der Waals surface area contributed by atoms with Crippen LogP contribution in [0.2, 0.25) is 0 Å². The molecule has 0 bridgehead atoms. The summed E-state index contributed by atoms with van der Waals surface area (Å²) in [6, 6.07) is 9.59. The highest BCUT2D eigenvalue weighted by atomic mass is 32.2. The van der Waals surface area contributed by atoms with Gasteiger partial charge in [-0.3, -0.25) is 8.98 Å². The van der Waals surface area contributed by atoms with Gasteiger partial charge in [-0.15, -0.1) is 0 Å². The third-order valence-corrected chi connectivity index (χ3v) is 3.63. The van der Waals surface area contributed by atoms with Crippen molar-refractivity contribution in [2.45, 2.75) is 19.6 Å². The van der Waals surface area contributed by atoms with Crippen molar-refractivity contribution in [3.63, 3.8) is 0 Å². The summed E-state index contributed by atoms with van der Waals surface area (Å²) in [4.78, 5) is 13.8. The van der Waals surface area contributed by atoms with Crippen molar-refractivity contribution < 1.29 is 17.4 Å². The molecule has 1 heterocycles. The van der Waals surface area contributed by atoms with Crippen molar-refractivity contribution in [3.8, 4) is 0 Å². The van der Waals surface area contributed by atoms with E-state index in [-0.39, 0.29) is 11.8 Å². The second kappa shape index (κ2) is 5.30. The monoisotopic (exact) mass is 283 g/mol. The van der Waals surface area contributed by atoms with Gasteiger partial charge in [-0.2, -0.15) is 8.42 Å². The number of benzene rings is 1. The Morgan fingerprint density at radius 1 is 1.32 bits per heavy atom. The molecule has 0 aromatic heterocycles. The maximum atomic E-state index is 12.1. The fourth-order valence-corrected chi connectivity index (χ4v) is 2.88. The third kappa shape index (κ3) is 3.54. The molecular formula is C13H17NO4S. The number of nitrogens with zero attached hydrogens (tertiary/aromatic N) is 1. The van der Waals surface area contributed by atoms with E-state index in [1.807, 2.05) is 37.3 Å². The van der Waals surface area contributed by atoms with Crippen molar-refractivity contribution in [3.05, 3.63) is 35.9 Å². The fourth-order valence-electron chi connectivity index (χ4n) is 2.23. The van der Waals surface area contributed by atoms with Crippen LogP contribution in [0.5, 0.6) is 0 Å². The van der Waals surface area contributed by atoms with Crippen LogP contribution in [0.3, 0.4) is 0 Å². The molecule has 5 nitrogen and oxygen atoms in total. The summed E-state index contributed by atoms with van der Waals surface area (Å²) < 4.78 is 27.2. The predicted octanol–water partition coefficient (Wildman–Crippen LogP) is 1.01. The van der Waals surface area contributed by atoms with Gasteiger partial charge < -0.3 is 4.90 Å². The molecule has 6 heteroatoms. The van der Waals surface area contributed by atoms with Gasteiger partial charge in [0.2, 0.25) is 0 Å². The van der Waals surface area contributed by atoms with Crippen molar-refractivity contribution in [1.82, 2.24) is 4.90 Å². The summed E-state index contributed by atoms with van der Waals surface area (Å²) in [7, 11) is -3.62. The lowest BCUT2D eigenvalue weighted by atomic mass is 10.1. The van der Waals surface area contributed by atoms with Crippen LogP contribution in [0.15, 0.2) is 30.3 Å². The van der Waals surface area contributed by atoms with Gasteiger partial charge in [0.15, 0.2) is 6.10 Å². The lowest BCUT2D eigenvalue weighted by Crippen LogP contribution is -2.32. The Bertz CT molecular complexity index is 555. The summed E-state index contributed by atoms with van der Waals surface area (Å²) in [5, 5.41) is 0. The standard InChI is InChI=1S/C13H17NO4S/c1-10-8-14(9-11-6-4-3-5-7-11)13(15)12(10)18-19(2,16)17/h3-7,10,12H,8-9H2,1-2H3/t10-,12+/m0/s1. The highest BCUT2D eigenvalue weighted by molar-refractivity contribution is 7.86. The summed E-state index contributed by atoms with van der Waals surface area (Å²) in [6.45, 7) is 2.81. The second-order valence-corrected chi connectivity index (χ2v) is 6.50. The predicted molar refractivity (Wildman–Crippen MR) is 70.7 cm³/mol. The first-order valence-corrected chi connectivity index (χ1v) is 7.89. The number of hydrogen-bond acceptors (Lipinski definition) is 4. The molecular weight excluding hydrogens is 266 g/mol. The van der Waals surface area contributed by atoms with E-state index in [1.54, 1.807) is 4.90 Å². The van der Waals surface area contributed by atoms with E-state index >= 15 is 0 Å². The Labute approximate surface area is 113 Å². The molecule has 2 rings (SSSR count). The minimum Gasteiger partial charge on any atom is -0.336 e. The Hall–Kier alpha value is -1.40. The van der Waals surface area contributed by atoms with Crippen LogP contribution in [0.4, 0.5) is 0 Å². The van der Waals surface area contributed by atoms with Crippen molar-refractivity contribution in [1.29, 1.82) is 0 Å². The number of carbonyl (C=O) groups excluding carboxylic acids is 1. The topological polar surface area (TPSA) is 63.7 Å². The fraction of sp³-hybridized carbons (Fsp3) is 0.462. The number of carbonyl (C=O) groups is 1. The van der Waals surface area contributed by atoms with Crippen LogP contribution < -0.4 is 0 Å². The van der Waals surface area contributed by atoms with E-state index in [0.29, 0.717) is 13.1 Å². The highest BCUT2D eigenvalue weighted by Gasteiger charge is 2.40. The van der Waals surface area contributed by atoms with Crippen molar-refractivity contribution >= 4 is 16.0 Å². The van der Waals surface area contributed by atoms with Crippen molar-refractivity contribution in [2.24, 2.45) is 5.92 Å². The van der Waals surface area contributed by atoms with Gasteiger partial charge in [0, 0.05) is 19.0 Å². The minimum absolute atomic E-state index is 0.133. The number of amides is 1. The van der Waals surface area contributed by atoms with Crippen LogP contribution in [0.25, 0.3) is 0 Å². The zero-order valence-electron chi connectivity index (χ0n) is 10.9. The summed E-state index contributed by atoms with van der Waals surface area (Å²) in [5.41, 5.74) is 1.02. The van der Waals surface area contributed by atoms with Crippen LogP contribution in [-0.2, 0) is 25.6 Å². The minimum atomic E-state index is -3.62. The van der Waals surface area contributed by atoms with E-state index in [2.05, 4.69) is 0 Å². The van der Waals surface area contributed by atoms with E-state index in [9.17, 15) is 13.2 Å². The average Bonchev–Trinajstić information content (AvgIpc) is 2.57. The first kappa shape index (κ1) is 14.0. The molecule has 1 aromatic carbocycles. The maximum absolute atomic E-state index is 12.1. The molecule has 19 heavy (non-hydrogen) atoms. The Kier molecular flexibility index (Phi) is 3.91. The van der Waals surface area contributed by atoms with Gasteiger partial charge >= 0.3 is 0 Å². The average molecular weight is 283 g/mol. The zero-order valence-corrected chi connectivity index (χ0v) is 11.8. The van der Waals surface area contributed by atoms with Gasteiger partial charge in [0.1, 0.15) is 0 Å². The lowest BCUT2D eigenvalue weighted by molar-refractivity contribution is -0.134. The lowest BCUT2D eigenvalue weighted by Gasteiger charge is -2.16. The maximum Gasteiger partial charge on any atom is 0.265 e. The van der Waals surface area contributed by atoms with Gasteiger partial charge in [-0.1, -0.05) is 37.3 Å². The largest absolute Gasteiger partial charge is 0.336 e. The van der Waals surface area contributed by atoms with Gasteiger partial charge in [0.05, 0.1) is 6.26 Å². The summed E-state index contributed by atoms with van der Waals surface area (Å²) in [5.74, 6) is -0.396. The molecule has 1 saturated heterocycles. The summed E-state index contributed by atoms with van der Waals surface area (Å²) in [6.07, 6.45) is 0.0751. The molecule has 0 saturated carbocycles. The molecule has 0 N–H and O–H groups in total. The summed E-state index contributed by atoms with van der Waals surface area (Å²) >= 11 is 0. The number of rotatable bonds is 4. The molecule has 1 aliphatic rings. The van der Waals surface area contributed by atoms with E-state index in [0.717, 1.165) is 11.8 Å². The number of hydrogen-bond donors (Lipinski definition) is 0. The molecule has 1 aliphatic heterocycles. The molecule has 0 unspecified atom stereocenters. The van der Waals surface area contributed by atoms with E-state index in [4.69, 9.17) is 4.18 Å². The first-order valence-electron chi connectivity index (χ1n) is 6.08. The van der Waals surface area contributed by atoms with Crippen LogP contribution in [0, 0.1) is 5.92 Å². The smallest absolute Gasteiger partial charge is 0.265 e. The van der Waals surface area contributed by atoms with E-state index < -0.39 is 16.2 Å². The molecule has 104 valence electrons. The van der Waals surface area contributed by atoms with Crippen molar-refractivity contribution in [2.75, 3.05) is 12.8 Å². The molecule has 1 aromatic rings. The van der Waals surface area contributed by atoms with Crippen LogP contribution in [-0.4, -0.2) is 38.1 Å². The Morgan fingerprint density at radius 3 is 2.53 bits per heavy atom. The Morgan fingerprint density at radius 2 is 1.95 bits per heavy atom. The Balaban J connectivity index is 2.08. The van der Waals surface area contributed by atoms with Gasteiger partial charge in [-0.25, -0.2) is 0 Å². The molecule has 0 radical (unpaired) electrons. The SMILES string of the molecule is C[C@H]1CN(Cc2ccccc2)C(=O)[C@@H]1OS(C)(=O)=O. The molecule has 2 atom stereocenters. The zero-order chi connectivity index (χ0) is 14.0. The highest BCUT2D eigenvalue weighted by Crippen LogP contribution is 2.24. The van der Waals surface area contributed by atoms with Crippen LogP contribution >= 0.6 is 0 Å². The normalized spacial score (nSPS) is 23.9. The molecule has 0 aliphatic carbocycles. The van der Waals surface area contributed by atoms with Crippen LogP contribution in [0.1, 0.15) is 12.5 Å². The second-order valence-electron chi connectivity index (χ2n) is 4.90. The van der Waals surface area contributed by atoms with Gasteiger partial charge in [-0.05, 0) is 5.56 Å². The van der Waals surface area contributed by atoms with E-state index in [1.165, 1.54) is 0 Å². The number of likely N-dealkylation sites (tertiary alicyclic amines) is 1. The van der Waals surface area contributed by atoms with Gasteiger partial charge in [0.25, 0.3) is 16.0 Å². The molecule has 1 fully saturated rings. The quantitative estimate of drug-likeness (QED) is 0.774. The first-order chi connectivity index (χ1) is 8.87. The molecule has 0 spiro atoms.